The summed E-state index contributed by atoms with van der Waals surface area (Å²) >= 11 is 0. The molecular weight excluding hydrogens is 334 g/mol. The first-order valence-corrected chi connectivity index (χ1v) is 10.1. The summed E-state index contributed by atoms with van der Waals surface area (Å²) in [6.07, 6.45) is 3.24. The summed E-state index contributed by atoms with van der Waals surface area (Å²) in [4.78, 5) is 9.98. The highest BCUT2D eigenvalue weighted by Crippen LogP contribution is 2.33. The molecule has 0 aliphatic carbocycles. The van der Waals surface area contributed by atoms with Gasteiger partial charge in [-0.25, -0.2) is 4.99 Å². The summed E-state index contributed by atoms with van der Waals surface area (Å²) in [5.74, 6) is 1.07. The summed E-state index contributed by atoms with van der Waals surface area (Å²) in [6, 6.07) is 21.7. The van der Waals surface area contributed by atoms with Crippen molar-refractivity contribution in [3.63, 3.8) is 0 Å². The van der Waals surface area contributed by atoms with E-state index in [1.807, 2.05) is 18.2 Å². The molecule has 2 heterocycles. The molecule has 4 nitrogen and oxygen atoms in total. The average molecular weight is 364 g/mol. The lowest BCUT2D eigenvalue weighted by Gasteiger charge is -2.29. The molecule has 2 aromatic carbocycles. The maximum absolute atomic E-state index is 9.99. The van der Waals surface area contributed by atoms with Crippen molar-refractivity contribution in [3.05, 3.63) is 71.8 Å². The van der Waals surface area contributed by atoms with E-state index >= 15 is 0 Å². The van der Waals surface area contributed by atoms with Crippen LogP contribution in [0.2, 0.25) is 0 Å². The molecule has 2 aromatic rings. The van der Waals surface area contributed by atoms with Crippen LogP contribution in [0.4, 0.5) is 0 Å². The number of aliphatic hydroxyl groups is 1. The highest BCUT2D eigenvalue weighted by atomic mass is 16.3. The second kappa shape index (κ2) is 8.13. The van der Waals surface area contributed by atoms with Crippen LogP contribution in [0.15, 0.2) is 65.7 Å². The van der Waals surface area contributed by atoms with E-state index in [1.165, 1.54) is 24.0 Å². The number of benzene rings is 2. The largest absolute Gasteiger partial charge is 0.394 e. The van der Waals surface area contributed by atoms with Crippen molar-refractivity contribution in [2.75, 3.05) is 19.7 Å². The zero-order valence-electron chi connectivity index (χ0n) is 16.0. The van der Waals surface area contributed by atoms with Gasteiger partial charge in [0, 0.05) is 19.1 Å². The third-order valence-corrected chi connectivity index (χ3v) is 5.87. The van der Waals surface area contributed by atoms with Crippen LogP contribution in [0.5, 0.6) is 0 Å². The molecule has 1 N–H and O–H groups in total. The quantitative estimate of drug-likeness (QED) is 0.854. The predicted molar refractivity (Wildman–Crippen MR) is 110 cm³/mol. The number of hydrogen-bond donors (Lipinski definition) is 1. The minimum Gasteiger partial charge on any atom is -0.394 e. The second-order valence-corrected chi connectivity index (χ2v) is 7.68. The first kappa shape index (κ1) is 18.1. The molecule has 4 rings (SSSR count). The Hall–Kier alpha value is -2.33. The summed E-state index contributed by atoms with van der Waals surface area (Å²) in [7, 11) is 0. The first-order valence-electron chi connectivity index (χ1n) is 10.1. The van der Waals surface area contributed by atoms with Gasteiger partial charge in [-0.3, -0.25) is 0 Å². The zero-order valence-corrected chi connectivity index (χ0v) is 16.0. The van der Waals surface area contributed by atoms with Crippen molar-refractivity contribution in [1.29, 1.82) is 0 Å². The Kier molecular flexibility index (Phi) is 5.44. The van der Waals surface area contributed by atoms with Crippen molar-refractivity contribution in [3.8, 4) is 0 Å². The molecule has 2 saturated heterocycles. The van der Waals surface area contributed by atoms with Crippen LogP contribution in [0.25, 0.3) is 0 Å². The number of aliphatic imine (C=N–C) groups is 1. The second-order valence-electron chi connectivity index (χ2n) is 7.68. The third-order valence-electron chi connectivity index (χ3n) is 5.87. The molecule has 142 valence electrons. The highest BCUT2D eigenvalue weighted by molar-refractivity contribution is 5.83. The van der Waals surface area contributed by atoms with Gasteiger partial charge in [0.1, 0.15) is 0 Å². The van der Waals surface area contributed by atoms with Gasteiger partial charge in [-0.1, -0.05) is 60.7 Å². The predicted octanol–water partition coefficient (Wildman–Crippen LogP) is 3.49. The molecule has 2 aliphatic heterocycles. The Balaban J connectivity index is 1.60. The molecule has 3 atom stereocenters. The molecule has 0 bridgehead atoms. The van der Waals surface area contributed by atoms with Gasteiger partial charge in [-0.15, -0.1) is 0 Å². The molecule has 2 fully saturated rings. The molecule has 27 heavy (non-hydrogen) atoms. The number of aliphatic hydroxyl groups excluding tert-OH is 1. The van der Waals surface area contributed by atoms with Gasteiger partial charge < -0.3 is 14.9 Å². The van der Waals surface area contributed by atoms with E-state index in [-0.39, 0.29) is 18.7 Å². The minimum atomic E-state index is -0.104. The molecule has 0 aromatic heterocycles. The van der Waals surface area contributed by atoms with Crippen LogP contribution in [-0.2, 0) is 6.42 Å². The van der Waals surface area contributed by atoms with Crippen LogP contribution in [-0.4, -0.2) is 52.6 Å². The Morgan fingerprint density at radius 2 is 1.78 bits per heavy atom. The van der Waals surface area contributed by atoms with Gasteiger partial charge in [0.15, 0.2) is 5.96 Å². The summed E-state index contributed by atoms with van der Waals surface area (Å²) in [5, 5.41) is 9.99. The van der Waals surface area contributed by atoms with E-state index < -0.39 is 0 Å². The lowest BCUT2D eigenvalue weighted by molar-refractivity contribution is 0.262. The Morgan fingerprint density at radius 3 is 2.48 bits per heavy atom. The van der Waals surface area contributed by atoms with Crippen LogP contribution >= 0.6 is 0 Å². The van der Waals surface area contributed by atoms with Gasteiger partial charge in [0.05, 0.1) is 18.7 Å². The standard InChI is InChI=1S/C23H29N3O/c1-18(20-11-6-3-7-12-20)26-16-22-13-8-14-25(22)23(26)24-21(17-27)15-19-9-4-2-5-10-19/h2-7,9-12,18,21-22,27H,8,13-17H2,1H3/t18-,21-,22-/m0/s1. The number of guanidine groups is 1. The summed E-state index contributed by atoms with van der Waals surface area (Å²) in [6.45, 7) is 4.44. The average Bonchev–Trinajstić information content (AvgIpc) is 3.31. The summed E-state index contributed by atoms with van der Waals surface area (Å²) in [5.41, 5.74) is 2.54. The molecule has 0 unspecified atom stereocenters. The van der Waals surface area contributed by atoms with Gasteiger partial charge in [0.25, 0.3) is 0 Å². The lowest BCUT2D eigenvalue weighted by atomic mass is 10.1. The number of nitrogens with zero attached hydrogens (tertiary/aromatic N) is 3. The van der Waals surface area contributed by atoms with Gasteiger partial charge in [0.2, 0.25) is 0 Å². The van der Waals surface area contributed by atoms with E-state index in [0.29, 0.717) is 6.04 Å². The molecule has 0 radical (unpaired) electrons. The van der Waals surface area contributed by atoms with E-state index in [9.17, 15) is 5.11 Å². The molecule has 2 aliphatic rings. The molecule has 0 amide bonds. The number of rotatable bonds is 6. The highest BCUT2D eigenvalue weighted by Gasteiger charge is 2.40. The zero-order chi connectivity index (χ0) is 18.6. The number of hydrogen-bond acceptors (Lipinski definition) is 2. The Bertz CT molecular complexity index is 762. The van der Waals surface area contributed by atoms with Crippen molar-refractivity contribution in [1.82, 2.24) is 9.80 Å². The Labute approximate surface area is 162 Å². The van der Waals surface area contributed by atoms with Crippen molar-refractivity contribution >= 4 is 5.96 Å². The Morgan fingerprint density at radius 1 is 1.07 bits per heavy atom. The fourth-order valence-corrected chi connectivity index (χ4v) is 4.35. The molecule has 0 spiro atoms. The fourth-order valence-electron chi connectivity index (χ4n) is 4.35. The lowest BCUT2D eigenvalue weighted by Crippen LogP contribution is -2.37. The monoisotopic (exact) mass is 363 g/mol. The first-order chi connectivity index (χ1) is 13.3. The summed E-state index contributed by atoms with van der Waals surface area (Å²) < 4.78 is 0. The fraction of sp³-hybridized carbons (Fsp3) is 0.435. The van der Waals surface area contributed by atoms with Gasteiger partial charge >= 0.3 is 0 Å². The van der Waals surface area contributed by atoms with Gasteiger partial charge in [-0.05, 0) is 37.3 Å². The van der Waals surface area contributed by atoms with Crippen molar-refractivity contribution < 1.29 is 5.11 Å². The van der Waals surface area contributed by atoms with Crippen LogP contribution in [0.1, 0.15) is 36.9 Å². The minimum absolute atomic E-state index is 0.0739. The van der Waals surface area contributed by atoms with Crippen LogP contribution in [0.3, 0.4) is 0 Å². The molecular formula is C23H29N3O. The van der Waals surface area contributed by atoms with Crippen LogP contribution in [0, 0.1) is 0 Å². The van der Waals surface area contributed by atoms with Gasteiger partial charge in [-0.2, -0.15) is 0 Å². The van der Waals surface area contributed by atoms with E-state index in [2.05, 4.69) is 59.2 Å². The van der Waals surface area contributed by atoms with Crippen molar-refractivity contribution in [2.45, 2.75) is 44.3 Å². The van der Waals surface area contributed by atoms with E-state index in [0.717, 1.165) is 25.5 Å². The van der Waals surface area contributed by atoms with Crippen molar-refractivity contribution in [2.24, 2.45) is 4.99 Å². The SMILES string of the molecule is C[C@@H](c1ccccc1)N1C[C@@H]2CCCN2C1=N[C@H](CO)Cc1ccccc1. The topological polar surface area (TPSA) is 39.1 Å². The van der Waals surface area contributed by atoms with E-state index in [1.54, 1.807) is 0 Å². The molecule has 4 heteroatoms. The number of fused-ring (bicyclic) bond motifs is 1. The van der Waals surface area contributed by atoms with E-state index in [4.69, 9.17) is 4.99 Å². The third kappa shape index (κ3) is 3.86. The molecule has 0 saturated carbocycles. The van der Waals surface area contributed by atoms with Crippen LogP contribution < -0.4 is 0 Å². The smallest absolute Gasteiger partial charge is 0.197 e. The maximum Gasteiger partial charge on any atom is 0.197 e. The maximum atomic E-state index is 9.99. The normalized spacial score (nSPS) is 22.9.